The SMILES string of the molecule is CCOC(CCN(C)c1ccc(OC)cc1)C(=O)O. The Morgan fingerprint density at radius 2 is 2.00 bits per heavy atom. The van der Waals surface area contributed by atoms with Crippen LogP contribution in [-0.2, 0) is 9.53 Å². The molecule has 0 spiro atoms. The first-order chi connectivity index (χ1) is 9.08. The van der Waals surface area contributed by atoms with Gasteiger partial charge in [-0.1, -0.05) is 0 Å². The molecule has 0 aromatic heterocycles. The van der Waals surface area contributed by atoms with Gasteiger partial charge < -0.3 is 19.5 Å². The van der Waals surface area contributed by atoms with Crippen molar-refractivity contribution in [1.82, 2.24) is 0 Å². The maximum Gasteiger partial charge on any atom is 0.332 e. The summed E-state index contributed by atoms with van der Waals surface area (Å²) >= 11 is 0. The van der Waals surface area contributed by atoms with E-state index in [9.17, 15) is 4.79 Å². The monoisotopic (exact) mass is 267 g/mol. The number of carboxylic acids is 1. The fourth-order valence-electron chi connectivity index (χ4n) is 1.76. The lowest BCUT2D eigenvalue weighted by atomic mass is 10.2. The molecule has 1 N–H and O–H groups in total. The highest BCUT2D eigenvalue weighted by Crippen LogP contribution is 2.18. The molecule has 106 valence electrons. The van der Waals surface area contributed by atoms with Gasteiger partial charge in [-0.05, 0) is 31.2 Å². The van der Waals surface area contributed by atoms with Crippen LogP contribution in [0.3, 0.4) is 0 Å². The molecule has 1 aromatic carbocycles. The van der Waals surface area contributed by atoms with Gasteiger partial charge in [-0.3, -0.25) is 0 Å². The second-order valence-electron chi connectivity index (χ2n) is 4.19. The van der Waals surface area contributed by atoms with Crippen LogP contribution in [0.4, 0.5) is 5.69 Å². The topological polar surface area (TPSA) is 59.0 Å². The third-order valence-corrected chi connectivity index (χ3v) is 2.88. The Morgan fingerprint density at radius 3 is 2.47 bits per heavy atom. The van der Waals surface area contributed by atoms with Crippen LogP contribution in [0.25, 0.3) is 0 Å². The van der Waals surface area contributed by atoms with Crippen LogP contribution < -0.4 is 9.64 Å². The number of ether oxygens (including phenoxy) is 2. The smallest absolute Gasteiger partial charge is 0.332 e. The van der Waals surface area contributed by atoms with E-state index in [1.165, 1.54) is 0 Å². The van der Waals surface area contributed by atoms with Crippen molar-refractivity contribution in [1.29, 1.82) is 0 Å². The minimum absolute atomic E-state index is 0.406. The predicted molar refractivity (Wildman–Crippen MR) is 73.9 cm³/mol. The summed E-state index contributed by atoms with van der Waals surface area (Å²) in [5, 5.41) is 9.00. The molecule has 0 saturated carbocycles. The van der Waals surface area contributed by atoms with Gasteiger partial charge in [-0.2, -0.15) is 0 Å². The molecule has 1 rings (SSSR count). The lowest BCUT2D eigenvalue weighted by Gasteiger charge is -2.21. The molecule has 5 nitrogen and oxygen atoms in total. The molecular formula is C14H21NO4. The highest BCUT2D eigenvalue weighted by atomic mass is 16.5. The predicted octanol–water partition coefficient (Wildman–Crippen LogP) is 2.01. The third-order valence-electron chi connectivity index (χ3n) is 2.88. The van der Waals surface area contributed by atoms with Crippen LogP contribution in [0, 0.1) is 0 Å². The van der Waals surface area contributed by atoms with Crippen molar-refractivity contribution >= 4 is 11.7 Å². The normalized spacial score (nSPS) is 11.9. The molecule has 0 fully saturated rings. The molecule has 0 aliphatic heterocycles. The quantitative estimate of drug-likeness (QED) is 0.780. The van der Waals surface area contributed by atoms with Crippen LogP contribution in [0.2, 0.25) is 0 Å². The number of carboxylic acid groups (broad SMARTS) is 1. The van der Waals surface area contributed by atoms with Gasteiger partial charge in [0, 0.05) is 32.3 Å². The maximum absolute atomic E-state index is 11.0. The highest BCUT2D eigenvalue weighted by Gasteiger charge is 2.17. The number of rotatable bonds is 8. The van der Waals surface area contributed by atoms with Gasteiger partial charge in [0.15, 0.2) is 6.10 Å². The second kappa shape index (κ2) is 7.63. The molecule has 0 saturated heterocycles. The van der Waals surface area contributed by atoms with Crippen LogP contribution in [0.1, 0.15) is 13.3 Å². The van der Waals surface area contributed by atoms with Gasteiger partial charge in [0.2, 0.25) is 0 Å². The van der Waals surface area contributed by atoms with Crippen LogP contribution >= 0.6 is 0 Å². The molecule has 0 aliphatic rings. The average molecular weight is 267 g/mol. The van der Waals surface area contributed by atoms with Gasteiger partial charge in [-0.15, -0.1) is 0 Å². The van der Waals surface area contributed by atoms with E-state index in [4.69, 9.17) is 14.6 Å². The van der Waals surface area contributed by atoms with Crippen LogP contribution in [-0.4, -0.2) is 44.5 Å². The molecule has 0 amide bonds. The Bertz CT molecular complexity index is 391. The molecule has 1 unspecified atom stereocenters. The van der Waals surface area contributed by atoms with Crippen molar-refractivity contribution in [2.45, 2.75) is 19.4 Å². The lowest BCUT2D eigenvalue weighted by Crippen LogP contribution is -2.30. The summed E-state index contributed by atoms with van der Waals surface area (Å²) in [6.07, 6.45) is -0.295. The van der Waals surface area contributed by atoms with E-state index in [-0.39, 0.29) is 0 Å². The first kappa shape index (κ1) is 15.3. The van der Waals surface area contributed by atoms with E-state index in [0.29, 0.717) is 19.6 Å². The fraction of sp³-hybridized carbons (Fsp3) is 0.500. The number of nitrogens with zero attached hydrogens (tertiary/aromatic N) is 1. The van der Waals surface area contributed by atoms with E-state index < -0.39 is 12.1 Å². The molecule has 0 radical (unpaired) electrons. The Morgan fingerprint density at radius 1 is 1.37 bits per heavy atom. The Balaban J connectivity index is 2.53. The third kappa shape index (κ3) is 4.79. The Labute approximate surface area is 113 Å². The van der Waals surface area contributed by atoms with Gasteiger partial charge in [0.1, 0.15) is 5.75 Å². The molecule has 1 aromatic rings. The second-order valence-corrected chi connectivity index (χ2v) is 4.19. The number of methoxy groups -OCH3 is 1. The van der Waals surface area contributed by atoms with Crippen molar-refractivity contribution in [3.8, 4) is 5.75 Å². The van der Waals surface area contributed by atoms with E-state index in [0.717, 1.165) is 11.4 Å². The van der Waals surface area contributed by atoms with Crippen molar-refractivity contribution in [3.63, 3.8) is 0 Å². The summed E-state index contributed by atoms with van der Waals surface area (Å²) in [6, 6.07) is 7.64. The zero-order chi connectivity index (χ0) is 14.3. The van der Waals surface area contributed by atoms with E-state index in [2.05, 4.69) is 0 Å². The molecule has 0 heterocycles. The standard InChI is InChI=1S/C14H21NO4/c1-4-19-13(14(16)17)9-10-15(2)11-5-7-12(18-3)8-6-11/h5-8,13H,4,9-10H2,1-3H3,(H,16,17). The summed E-state index contributed by atoms with van der Waals surface area (Å²) in [5.41, 5.74) is 1.02. The Hall–Kier alpha value is -1.75. The van der Waals surface area contributed by atoms with Crippen molar-refractivity contribution in [3.05, 3.63) is 24.3 Å². The summed E-state index contributed by atoms with van der Waals surface area (Å²) in [5.74, 6) is -0.111. The van der Waals surface area contributed by atoms with Crippen molar-refractivity contribution < 1.29 is 19.4 Å². The molecule has 0 aliphatic carbocycles. The van der Waals surface area contributed by atoms with Gasteiger partial charge in [-0.25, -0.2) is 4.79 Å². The number of carbonyl (C=O) groups is 1. The maximum atomic E-state index is 11.0. The highest BCUT2D eigenvalue weighted by molar-refractivity contribution is 5.72. The summed E-state index contributed by atoms with van der Waals surface area (Å²) in [6.45, 7) is 2.82. The molecule has 0 bridgehead atoms. The zero-order valence-electron chi connectivity index (χ0n) is 11.6. The van der Waals surface area contributed by atoms with Gasteiger partial charge in [0.05, 0.1) is 7.11 Å². The first-order valence-electron chi connectivity index (χ1n) is 6.28. The minimum atomic E-state index is -0.912. The number of hydrogen-bond acceptors (Lipinski definition) is 4. The van der Waals surface area contributed by atoms with Crippen LogP contribution in [0.5, 0.6) is 5.75 Å². The molecular weight excluding hydrogens is 246 g/mol. The van der Waals surface area contributed by atoms with E-state index in [1.54, 1.807) is 14.0 Å². The summed E-state index contributed by atoms with van der Waals surface area (Å²) < 4.78 is 10.3. The number of benzene rings is 1. The zero-order valence-corrected chi connectivity index (χ0v) is 11.6. The number of anilines is 1. The number of aliphatic carboxylic acids is 1. The lowest BCUT2D eigenvalue weighted by molar-refractivity contribution is -0.150. The number of hydrogen-bond donors (Lipinski definition) is 1. The molecule has 5 heteroatoms. The summed E-state index contributed by atoms with van der Waals surface area (Å²) in [4.78, 5) is 13.0. The largest absolute Gasteiger partial charge is 0.497 e. The van der Waals surface area contributed by atoms with Crippen molar-refractivity contribution in [2.75, 3.05) is 32.2 Å². The van der Waals surface area contributed by atoms with E-state index in [1.807, 2.05) is 36.2 Å². The average Bonchev–Trinajstić information content (AvgIpc) is 2.42. The molecule has 1 atom stereocenters. The first-order valence-corrected chi connectivity index (χ1v) is 6.28. The summed E-state index contributed by atoms with van der Waals surface area (Å²) in [7, 11) is 3.55. The van der Waals surface area contributed by atoms with Crippen molar-refractivity contribution in [2.24, 2.45) is 0 Å². The van der Waals surface area contributed by atoms with Crippen LogP contribution in [0.15, 0.2) is 24.3 Å². The Kier molecular flexibility index (Phi) is 6.15. The minimum Gasteiger partial charge on any atom is -0.497 e. The van der Waals surface area contributed by atoms with Gasteiger partial charge >= 0.3 is 5.97 Å². The fourth-order valence-corrected chi connectivity index (χ4v) is 1.76. The van der Waals surface area contributed by atoms with Gasteiger partial charge in [0.25, 0.3) is 0 Å². The molecule has 19 heavy (non-hydrogen) atoms. The van der Waals surface area contributed by atoms with E-state index >= 15 is 0 Å².